The summed E-state index contributed by atoms with van der Waals surface area (Å²) in [7, 11) is 0. The van der Waals surface area contributed by atoms with Crippen LogP contribution >= 0.6 is 0 Å². The number of hydrogen-bond donors (Lipinski definition) is 0. The predicted octanol–water partition coefficient (Wildman–Crippen LogP) is 3.44. The number of nitrogens with zero attached hydrogens (tertiary/aromatic N) is 3. The normalized spacial score (nSPS) is 17.6. The van der Waals surface area contributed by atoms with Crippen LogP contribution in [0, 0.1) is 12.7 Å². The number of hydrogen-bond acceptors (Lipinski definition) is 4. The maximum absolute atomic E-state index is 13.0. The number of piperidine rings is 1. The van der Waals surface area contributed by atoms with Crippen LogP contribution in [0.15, 0.2) is 30.3 Å². The summed E-state index contributed by atoms with van der Waals surface area (Å²) >= 11 is 0. The van der Waals surface area contributed by atoms with Crippen molar-refractivity contribution in [2.24, 2.45) is 0 Å². The number of carbonyl (C=O) groups excluding carboxylic acids is 1. The molecule has 0 unspecified atom stereocenters. The van der Waals surface area contributed by atoms with Crippen LogP contribution in [0.2, 0.25) is 0 Å². The van der Waals surface area contributed by atoms with E-state index < -0.39 is 0 Å². The van der Waals surface area contributed by atoms with Crippen molar-refractivity contribution < 1.29 is 13.9 Å². The fourth-order valence-corrected chi connectivity index (χ4v) is 2.89. The second kappa shape index (κ2) is 6.95. The van der Waals surface area contributed by atoms with Crippen molar-refractivity contribution in [3.05, 3.63) is 47.7 Å². The summed E-state index contributed by atoms with van der Waals surface area (Å²) in [4.78, 5) is 22.5. The Bertz CT molecular complexity index is 734. The minimum absolute atomic E-state index is 0.0788. The molecule has 3 rings (SSSR count). The van der Waals surface area contributed by atoms with Gasteiger partial charge in [-0.3, -0.25) is 4.79 Å². The largest absolute Gasteiger partial charge is 0.439 e. The Kier molecular flexibility index (Phi) is 4.74. The van der Waals surface area contributed by atoms with Crippen molar-refractivity contribution in [1.82, 2.24) is 14.9 Å². The third kappa shape index (κ3) is 3.88. The Morgan fingerprint density at radius 1 is 1.29 bits per heavy atom. The summed E-state index contributed by atoms with van der Waals surface area (Å²) in [5, 5.41) is 0. The van der Waals surface area contributed by atoms with Crippen molar-refractivity contribution in [1.29, 1.82) is 0 Å². The van der Waals surface area contributed by atoms with Crippen LogP contribution in [0.5, 0.6) is 11.6 Å². The molecule has 1 atom stereocenters. The molecule has 1 aliphatic heterocycles. The van der Waals surface area contributed by atoms with Gasteiger partial charge in [0.1, 0.15) is 17.4 Å². The number of amides is 1. The fraction of sp³-hybridized carbons (Fsp3) is 0.389. The highest BCUT2D eigenvalue weighted by Gasteiger charge is 2.25. The summed E-state index contributed by atoms with van der Waals surface area (Å²) in [6.07, 6.45) is 1.89. The van der Waals surface area contributed by atoms with Gasteiger partial charge in [0.2, 0.25) is 11.8 Å². The SMILES string of the molecule is CC(=O)N1CCC[C@@H](c2nc(C)cc(Oc3ccc(F)cc3)n2)C1. The van der Waals surface area contributed by atoms with Gasteiger partial charge in [-0.1, -0.05) is 0 Å². The van der Waals surface area contributed by atoms with Crippen molar-refractivity contribution in [3.8, 4) is 11.6 Å². The molecule has 0 bridgehead atoms. The van der Waals surface area contributed by atoms with Gasteiger partial charge >= 0.3 is 0 Å². The Morgan fingerprint density at radius 2 is 2.04 bits per heavy atom. The Balaban J connectivity index is 1.80. The lowest BCUT2D eigenvalue weighted by atomic mass is 9.97. The van der Waals surface area contributed by atoms with Crippen molar-refractivity contribution in [3.63, 3.8) is 0 Å². The first-order valence-electron chi connectivity index (χ1n) is 8.06. The smallest absolute Gasteiger partial charge is 0.222 e. The van der Waals surface area contributed by atoms with E-state index in [2.05, 4.69) is 9.97 Å². The van der Waals surface area contributed by atoms with Gasteiger partial charge in [0.05, 0.1) is 0 Å². The number of carbonyl (C=O) groups is 1. The Morgan fingerprint density at radius 3 is 2.75 bits per heavy atom. The van der Waals surface area contributed by atoms with Gasteiger partial charge in [0, 0.05) is 37.7 Å². The van der Waals surface area contributed by atoms with Crippen LogP contribution in [0.25, 0.3) is 0 Å². The second-order valence-corrected chi connectivity index (χ2v) is 6.07. The molecule has 1 fully saturated rings. The van der Waals surface area contributed by atoms with Crippen molar-refractivity contribution in [2.45, 2.75) is 32.6 Å². The molecule has 1 saturated heterocycles. The molecule has 126 valence electrons. The number of benzene rings is 1. The molecular formula is C18H20FN3O2. The fourth-order valence-electron chi connectivity index (χ4n) is 2.89. The van der Waals surface area contributed by atoms with Gasteiger partial charge in [-0.2, -0.15) is 4.98 Å². The minimum atomic E-state index is -0.312. The van der Waals surface area contributed by atoms with E-state index >= 15 is 0 Å². The van der Waals surface area contributed by atoms with E-state index in [4.69, 9.17) is 4.74 Å². The lowest BCUT2D eigenvalue weighted by Gasteiger charge is -2.31. The number of likely N-dealkylation sites (tertiary alicyclic amines) is 1. The number of ether oxygens (including phenoxy) is 1. The lowest BCUT2D eigenvalue weighted by molar-refractivity contribution is -0.130. The highest BCUT2D eigenvalue weighted by atomic mass is 19.1. The average Bonchev–Trinajstić information content (AvgIpc) is 2.56. The molecule has 6 heteroatoms. The van der Waals surface area contributed by atoms with Crippen LogP contribution in [-0.2, 0) is 4.79 Å². The van der Waals surface area contributed by atoms with Crippen LogP contribution < -0.4 is 4.74 Å². The third-order valence-electron chi connectivity index (χ3n) is 4.12. The molecule has 1 aliphatic rings. The van der Waals surface area contributed by atoms with Crippen molar-refractivity contribution >= 4 is 5.91 Å². The first-order chi connectivity index (χ1) is 11.5. The summed E-state index contributed by atoms with van der Waals surface area (Å²) in [5.74, 6) is 1.53. The minimum Gasteiger partial charge on any atom is -0.439 e. The molecule has 1 aromatic carbocycles. The molecule has 1 aromatic heterocycles. The van der Waals surface area contributed by atoms with Gasteiger partial charge < -0.3 is 9.64 Å². The van der Waals surface area contributed by atoms with E-state index in [1.54, 1.807) is 25.1 Å². The molecular weight excluding hydrogens is 309 g/mol. The standard InChI is InChI=1S/C18H20FN3O2/c1-12-10-17(24-16-7-5-15(19)6-8-16)21-18(20-12)14-4-3-9-22(11-14)13(2)23/h5-8,10,14H,3-4,9,11H2,1-2H3/t14-/m1/s1. The van der Waals surface area contributed by atoms with Crippen LogP contribution in [0.4, 0.5) is 4.39 Å². The van der Waals surface area contributed by atoms with Gasteiger partial charge in [-0.05, 0) is 44.0 Å². The van der Waals surface area contributed by atoms with Gasteiger partial charge in [-0.25, -0.2) is 9.37 Å². The molecule has 0 saturated carbocycles. The van der Waals surface area contributed by atoms with Gasteiger partial charge in [-0.15, -0.1) is 0 Å². The molecule has 2 heterocycles. The van der Waals surface area contributed by atoms with E-state index in [1.807, 2.05) is 11.8 Å². The molecule has 0 N–H and O–H groups in total. The highest BCUT2D eigenvalue weighted by molar-refractivity contribution is 5.73. The first kappa shape index (κ1) is 16.4. The zero-order valence-electron chi connectivity index (χ0n) is 13.8. The number of aromatic nitrogens is 2. The molecule has 1 amide bonds. The molecule has 2 aromatic rings. The second-order valence-electron chi connectivity index (χ2n) is 6.07. The number of rotatable bonds is 3. The molecule has 0 spiro atoms. The quantitative estimate of drug-likeness (QED) is 0.865. The topological polar surface area (TPSA) is 55.3 Å². The Hall–Kier alpha value is -2.50. The lowest BCUT2D eigenvalue weighted by Crippen LogP contribution is -2.38. The average molecular weight is 329 g/mol. The molecule has 24 heavy (non-hydrogen) atoms. The number of halogens is 1. The van der Waals surface area contributed by atoms with E-state index in [0.29, 0.717) is 24.0 Å². The third-order valence-corrected chi connectivity index (χ3v) is 4.12. The van der Waals surface area contributed by atoms with Crippen LogP contribution in [0.3, 0.4) is 0 Å². The zero-order chi connectivity index (χ0) is 17.1. The summed E-state index contributed by atoms with van der Waals surface area (Å²) in [5.41, 5.74) is 0.803. The van der Waals surface area contributed by atoms with E-state index in [0.717, 1.165) is 25.1 Å². The van der Waals surface area contributed by atoms with Gasteiger partial charge in [0.25, 0.3) is 0 Å². The van der Waals surface area contributed by atoms with E-state index in [-0.39, 0.29) is 17.6 Å². The van der Waals surface area contributed by atoms with E-state index in [1.165, 1.54) is 12.1 Å². The predicted molar refractivity (Wildman–Crippen MR) is 87.5 cm³/mol. The summed E-state index contributed by atoms with van der Waals surface area (Å²) in [6.45, 7) is 4.89. The molecule has 0 radical (unpaired) electrons. The first-order valence-corrected chi connectivity index (χ1v) is 8.06. The highest BCUT2D eigenvalue weighted by Crippen LogP contribution is 2.27. The van der Waals surface area contributed by atoms with Crippen LogP contribution in [-0.4, -0.2) is 33.9 Å². The summed E-state index contributed by atoms with van der Waals surface area (Å²) in [6, 6.07) is 7.56. The molecule has 0 aliphatic carbocycles. The maximum Gasteiger partial charge on any atom is 0.222 e. The summed E-state index contributed by atoms with van der Waals surface area (Å²) < 4.78 is 18.7. The monoisotopic (exact) mass is 329 g/mol. The van der Waals surface area contributed by atoms with Gasteiger partial charge in [0.15, 0.2) is 0 Å². The number of aryl methyl sites for hydroxylation is 1. The maximum atomic E-state index is 13.0. The van der Waals surface area contributed by atoms with E-state index in [9.17, 15) is 9.18 Å². The van der Waals surface area contributed by atoms with Crippen molar-refractivity contribution in [2.75, 3.05) is 13.1 Å². The Labute approximate surface area is 140 Å². The zero-order valence-corrected chi connectivity index (χ0v) is 13.8. The van der Waals surface area contributed by atoms with Crippen LogP contribution in [0.1, 0.15) is 37.2 Å². The molecule has 5 nitrogen and oxygen atoms in total.